The number of halogens is 3. The molecule has 0 radical (unpaired) electrons. The van der Waals surface area contributed by atoms with Crippen LogP contribution in [0.2, 0.25) is 0 Å². The van der Waals surface area contributed by atoms with Crippen LogP contribution in [0, 0.1) is 0 Å². The van der Waals surface area contributed by atoms with E-state index in [-0.39, 0.29) is 17.8 Å². The van der Waals surface area contributed by atoms with E-state index in [9.17, 15) is 18.0 Å². The number of alkyl halides is 3. The number of methoxy groups -OCH3 is 1. The lowest BCUT2D eigenvalue weighted by atomic mass is 9.80. The zero-order valence-corrected chi connectivity index (χ0v) is 17.9. The van der Waals surface area contributed by atoms with Gasteiger partial charge in [-0.05, 0) is 42.9 Å². The SMILES string of the molecule is C=CC(=O)N1CCN(c2nc(OC)nc3c2CCC(c2ccccc2C(F)(F)F)C3)CC1. The highest BCUT2D eigenvalue weighted by Gasteiger charge is 2.37. The van der Waals surface area contributed by atoms with Crippen molar-refractivity contribution in [1.82, 2.24) is 14.9 Å². The van der Waals surface area contributed by atoms with E-state index in [0.29, 0.717) is 51.0 Å². The van der Waals surface area contributed by atoms with Crippen molar-refractivity contribution in [2.45, 2.75) is 31.4 Å². The average molecular weight is 446 g/mol. The van der Waals surface area contributed by atoms with Crippen LogP contribution in [0.25, 0.3) is 0 Å². The van der Waals surface area contributed by atoms with Crippen LogP contribution in [-0.4, -0.2) is 54.1 Å². The molecular weight excluding hydrogens is 421 g/mol. The van der Waals surface area contributed by atoms with Crippen molar-refractivity contribution < 1.29 is 22.7 Å². The maximum Gasteiger partial charge on any atom is 0.416 e. The number of ether oxygens (including phenoxy) is 1. The summed E-state index contributed by atoms with van der Waals surface area (Å²) in [4.78, 5) is 24.8. The minimum atomic E-state index is -4.39. The van der Waals surface area contributed by atoms with Gasteiger partial charge in [-0.1, -0.05) is 24.8 Å². The van der Waals surface area contributed by atoms with Crippen LogP contribution in [0.3, 0.4) is 0 Å². The third-order valence-corrected chi connectivity index (χ3v) is 6.19. The largest absolute Gasteiger partial charge is 0.467 e. The van der Waals surface area contributed by atoms with Crippen LogP contribution in [-0.2, 0) is 23.8 Å². The number of amides is 1. The number of carbonyl (C=O) groups excluding carboxylic acids is 1. The van der Waals surface area contributed by atoms with E-state index in [1.165, 1.54) is 19.3 Å². The lowest BCUT2D eigenvalue weighted by molar-refractivity contribution is -0.138. The van der Waals surface area contributed by atoms with E-state index in [1.807, 2.05) is 0 Å². The summed E-state index contributed by atoms with van der Waals surface area (Å²) in [6, 6.07) is 5.97. The first-order valence-corrected chi connectivity index (χ1v) is 10.6. The number of benzene rings is 1. The number of rotatable bonds is 4. The van der Waals surface area contributed by atoms with Crippen LogP contribution in [0.1, 0.15) is 34.7 Å². The van der Waals surface area contributed by atoms with Crippen LogP contribution < -0.4 is 9.64 Å². The summed E-state index contributed by atoms with van der Waals surface area (Å²) in [5, 5.41) is 0. The molecule has 1 fully saturated rings. The van der Waals surface area contributed by atoms with Gasteiger partial charge < -0.3 is 14.5 Å². The Morgan fingerprint density at radius 2 is 1.91 bits per heavy atom. The Bertz CT molecular complexity index is 1020. The predicted octanol–water partition coefficient (Wildman–Crippen LogP) is 3.61. The number of piperazine rings is 1. The van der Waals surface area contributed by atoms with Crippen LogP contribution in [0.5, 0.6) is 6.01 Å². The molecule has 1 unspecified atom stereocenters. The van der Waals surface area contributed by atoms with Gasteiger partial charge in [0.2, 0.25) is 5.91 Å². The Balaban J connectivity index is 1.62. The van der Waals surface area contributed by atoms with Crippen LogP contribution in [0.4, 0.5) is 19.0 Å². The Labute approximate surface area is 184 Å². The maximum absolute atomic E-state index is 13.6. The molecule has 1 aromatic carbocycles. The topological polar surface area (TPSA) is 58.6 Å². The monoisotopic (exact) mass is 446 g/mol. The van der Waals surface area contributed by atoms with Gasteiger partial charge >= 0.3 is 12.2 Å². The quantitative estimate of drug-likeness (QED) is 0.672. The molecule has 1 aromatic heterocycles. The summed E-state index contributed by atoms with van der Waals surface area (Å²) in [6.07, 6.45) is -1.53. The Morgan fingerprint density at radius 3 is 2.56 bits per heavy atom. The van der Waals surface area contributed by atoms with Crippen molar-refractivity contribution >= 4 is 11.7 Å². The molecule has 1 amide bonds. The van der Waals surface area contributed by atoms with Gasteiger partial charge in [0.1, 0.15) is 5.82 Å². The highest BCUT2D eigenvalue weighted by Crippen LogP contribution is 2.41. The van der Waals surface area contributed by atoms with Gasteiger partial charge in [0.25, 0.3) is 0 Å². The second kappa shape index (κ2) is 8.80. The number of fused-ring (bicyclic) bond motifs is 1. The minimum Gasteiger partial charge on any atom is -0.467 e. The lowest BCUT2D eigenvalue weighted by Gasteiger charge is -2.37. The average Bonchev–Trinajstić information content (AvgIpc) is 2.82. The third kappa shape index (κ3) is 4.28. The number of nitrogens with zero attached hydrogens (tertiary/aromatic N) is 4. The van der Waals surface area contributed by atoms with Crippen molar-refractivity contribution in [2.75, 3.05) is 38.2 Å². The van der Waals surface area contributed by atoms with E-state index >= 15 is 0 Å². The van der Waals surface area contributed by atoms with Gasteiger partial charge in [0, 0.05) is 31.7 Å². The standard InChI is InChI=1S/C23H25F3N4O2/c1-3-20(31)29-10-12-30(13-11-29)21-17-9-8-15(14-19(17)27-22(28-21)32-2)16-6-4-5-7-18(16)23(24,25)26/h3-7,15H,1,8-14H2,2H3. The zero-order valence-electron chi connectivity index (χ0n) is 17.9. The zero-order chi connectivity index (χ0) is 22.9. The molecule has 1 aliphatic carbocycles. The van der Waals surface area contributed by atoms with E-state index < -0.39 is 11.7 Å². The fraction of sp³-hybridized carbons (Fsp3) is 0.435. The van der Waals surface area contributed by atoms with Gasteiger partial charge in [-0.3, -0.25) is 4.79 Å². The highest BCUT2D eigenvalue weighted by atomic mass is 19.4. The van der Waals surface area contributed by atoms with E-state index in [0.717, 1.165) is 23.1 Å². The van der Waals surface area contributed by atoms with Crippen LogP contribution in [0.15, 0.2) is 36.9 Å². The molecule has 2 aromatic rings. The molecule has 1 aliphatic heterocycles. The summed E-state index contributed by atoms with van der Waals surface area (Å²) in [6.45, 7) is 5.84. The van der Waals surface area contributed by atoms with Gasteiger partial charge in [-0.25, -0.2) is 0 Å². The normalized spacial score (nSPS) is 18.8. The molecule has 0 spiro atoms. The summed E-state index contributed by atoms with van der Waals surface area (Å²) in [5.74, 6) is 0.369. The van der Waals surface area contributed by atoms with Gasteiger partial charge in [0.15, 0.2) is 0 Å². The molecule has 0 saturated carbocycles. The second-order valence-electron chi connectivity index (χ2n) is 8.00. The summed E-state index contributed by atoms with van der Waals surface area (Å²) in [7, 11) is 1.48. The Kier molecular flexibility index (Phi) is 6.08. The Hall–Kier alpha value is -3.10. The van der Waals surface area contributed by atoms with Gasteiger partial charge in [-0.2, -0.15) is 23.1 Å². The molecule has 1 saturated heterocycles. The molecule has 32 heavy (non-hydrogen) atoms. The molecule has 1 atom stereocenters. The first-order chi connectivity index (χ1) is 15.3. The molecule has 4 rings (SSSR count). The molecule has 2 heterocycles. The summed E-state index contributed by atoms with van der Waals surface area (Å²) >= 11 is 0. The third-order valence-electron chi connectivity index (χ3n) is 6.19. The molecular formula is C23H25F3N4O2. The first-order valence-electron chi connectivity index (χ1n) is 10.6. The molecule has 170 valence electrons. The number of carbonyl (C=O) groups is 1. The highest BCUT2D eigenvalue weighted by molar-refractivity contribution is 5.87. The van der Waals surface area contributed by atoms with Gasteiger partial charge in [0.05, 0.1) is 18.4 Å². The predicted molar refractivity (Wildman–Crippen MR) is 114 cm³/mol. The van der Waals surface area contributed by atoms with Crippen molar-refractivity contribution in [3.63, 3.8) is 0 Å². The molecule has 9 heteroatoms. The fourth-order valence-electron chi connectivity index (χ4n) is 4.57. The second-order valence-corrected chi connectivity index (χ2v) is 8.00. The number of hydrogen-bond donors (Lipinski definition) is 0. The molecule has 0 bridgehead atoms. The molecule has 0 N–H and O–H groups in total. The smallest absolute Gasteiger partial charge is 0.416 e. The first kappa shape index (κ1) is 22.1. The minimum absolute atomic E-state index is 0.0990. The lowest BCUT2D eigenvalue weighted by Crippen LogP contribution is -2.49. The van der Waals surface area contributed by atoms with E-state index in [4.69, 9.17) is 4.74 Å². The Morgan fingerprint density at radius 1 is 1.19 bits per heavy atom. The summed E-state index contributed by atoms with van der Waals surface area (Å²) < 4.78 is 46.0. The maximum atomic E-state index is 13.6. The van der Waals surface area contributed by atoms with Crippen molar-refractivity contribution in [1.29, 1.82) is 0 Å². The number of hydrogen-bond acceptors (Lipinski definition) is 5. The summed E-state index contributed by atoms with van der Waals surface area (Å²) in [5.41, 5.74) is 1.40. The molecule has 6 nitrogen and oxygen atoms in total. The number of anilines is 1. The number of aromatic nitrogens is 2. The van der Waals surface area contributed by atoms with Crippen molar-refractivity contribution in [3.05, 3.63) is 59.3 Å². The van der Waals surface area contributed by atoms with E-state index in [1.54, 1.807) is 17.0 Å². The van der Waals surface area contributed by atoms with Gasteiger partial charge in [-0.15, -0.1) is 0 Å². The fourth-order valence-corrected chi connectivity index (χ4v) is 4.57. The van der Waals surface area contributed by atoms with Crippen LogP contribution >= 0.6 is 0 Å². The van der Waals surface area contributed by atoms with Crippen molar-refractivity contribution in [3.8, 4) is 6.01 Å². The van der Waals surface area contributed by atoms with E-state index in [2.05, 4.69) is 21.4 Å². The van der Waals surface area contributed by atoms with Crippen molar-refractivity contribution in [2.24, 2.45) is 0 Å². The molecule has 2 aliphatic rings.